The second-order valence-electron chi connectivity index (χ2n) is 6.47. The largest absolute Gasteiger partial charge is 0.416 e. The Bertz CT molecular complexity index is 918. The fourth-order valence-electron chi connectivity index (χ4n) is 3.03. The van der Waals surface area contributed by atoms with Crippen molar-refractivity contribution in [2.24, 2.45) is 5.73 Å². The molecule has 1 atom stereocenters. The fourth-order valence-corrected chi connectivity index (χ4v) is 3.03. The average molecular weight is 374 g/mol. The number of hydrogen-bond donors (Lipinski definition) is 1. The molecule has 1 saturated heterocycles. The summed E-state index contributed by atoms with van der Waals surface area (Å²) in [4.78, 5) is 11.0. The lowest BCUT2D eigenvalue weighted by Crippen LogP contribution is -2.26. The van der Waals surface area contributed by atoms with Gasteiger partial charge in [-0.25, -0.2) is 9.67 Å². The van der Waals surface area contributed by atoms with Gasteiger partial charge in [0.25, 0.3) is 0 Å². The molecule has 140 valence electrons. The van der Waals surface area contributed by atoms with Crippen molar-refractivity contribution in [2.45, 2.75) is 18.6 Å². The molecule has 9 heteroatoms. The summed E-state index contributed by atoms with van der Waals surface area (Å²) in [5, 5.41) is 4.21. The van der Waals surface area contributed by atoms with Crippen molar-refractivity contribution < 1.29 is 13.2 Å². The van der Waals surface area contributed by atoms with Crippen LogP contribution in [0.15, 0.2) is 49.1 Å². The highest BCUT2D eigenvalue weighted by Gasteiger charge is 2.30. The maximum Gasteiger partial charge on any atom is 0.416 e. The molecule has 0 spiro atoms. The lowest BCUT2D eigenvalue weighted by Gasteiger charge is -2.16. The van der Waals surface area contributed by atoms with Crippen LogP contribution in [-0.2, 0) is 6.18 Å². The SMILES string of the molecule is NC1CCN(c2cnc(-c3cnn(-c4ccc(C(F)(F)F)cc4)c3)cn2)C1. The Kier molecular flexibility index (Phi) is 4.31. The van der Waals surface area contributed by atoms with Gasteiger partial charge in [0, 0.05) is 30.9 Å². The van der Waals surface area contributed by atoms with E-state index < -0.39 is 11.7 Å². The number of rotatable bonds is 3. The van der Waals surface area contributed by atoms with E-state index in [1.54, 1.807) is 24.8 Å². The molecule has 0 bridgehead atoms. The minimum absolute atomic E-state index is 0.161. The molecular formula is C18H17F3N6. The van der Waals surface area contributed by atoms with E-state index in [1.165, 1.54) is 16.8 Å². The number of anilines is 1. The minimum Gasteiger partial charge on any atom is -0.354 e. The molecule has 1 unspecified atom stereocenters. The second kappa shape index (κ2) is 6.66. The summed E-state index contributed by atoms with van der Waals surface area (Å²) in [5.74, 6) is 0.779. The molecule has 1 fully saturated rings. The molecule has 3 aromatic rings. The first-order valence-corrected chi connectivity index (χ1v) is 8.45. The Morgan fingerprint density at radius 1 is 1.04 bits per heavy atom. The minimum atomic E-state index is -4.36. The molecule has 1 aliphatic rings. The molecule has 2 N–H and O–H groups in total. The Morgan fingerprint density at radius 3 is 2.41 bits per heavy atom. The van der Waals surface area contributed by atoms with Gasteiger partial charge in [-0.3, -0.25) is 4.98 Å². The van der Waals surface area contributed by atoms with Crippen LogP contribution in [0.5, 0.6) is 0 Å². The van der Waals surface area contributed by atoms with Crippen LogP contribution >= 0.6 is 0 Å². The van der Waals surface area contributed by atoms with Crippen LogP contribution in [0.4, 0.5) is 19.0 Å². The molecule has 1 aromatic carbocycles. The van der Waals surface area contributed by atoms with Crippen molar-refractivity contribution >= 4 is 5.82 Å². The van der Waals surface area contributed by atoms with Crippen molar-refractivity contribution in [3.63, 3.8) is 0 Å². The number of aromatic nitrogens is 4. The van der Waals surface area contributed by atoms with Gasteiger partial charge in [-0.1, -0.05) is 0 Å². The van der Waals surface area contributed by atoms with Crippen LogP contribution in [-0.4, -0.2) is 38.9 Å². The average Bonchev–Trinajstić information content (AvgIpc) is 3.31. The molecule has 0 aliphatic carbocycles. The first-order valence-electron chi connectivity index (χ1n) is 8.45. The summed E-state index contributed by atoms with van der Waals surface area (Å²) in [6, 6.07) is 4.99. The van der Waals surface area contributed by atoms with Gasteiger partial charge in [-0.2, -0.15) is 18.3 Å². The van der Waals surface area contributed by atoms with Gasteiger partial charge in [0.05, 0.1) is 35.5 Å². The molecule has 0 amide bonds. The van der Waals surface area contributed by atoms with E-state index in [0.717, 1.165) is 43.0 Å². The van der Waals surface area contributed by atoms with E-state index in [2.05, 4.69) is 20.0 Å². The first-order chi connectivity index (χ1) is 12.9. The monoisotopic (exact) mass is 374 g/mol. The van der Waals surface area contributed by atoms with Crippen molar-refractivity contribution in [2.75, 3.05) is 18.0 Å². The van der Waals surface area contributed by atoms with Crippen molar-refractivity contribution in [1.82, 2.24) is 19.7 Å². The van der Waals surface area contributed by atoms with E-state index in [9.17, 15) is 13.2 Å². The molecule has 1 aliphatic heterocycles. The molecular weight excluding hydrogens is 357 g/mol. The van der Waals surface area contributed by atoms with E-state index >= 15 is 0 Å². The van der Waals surface area contributed by atoms with Crippen molar-refractivity contribution in [3.05, 3.63) is 54.6 Å². The standard InChI is InChI=1S/C18H17F3N6/c19-18(20,21)13-1-3-15(4-2-13)27-10-12(7-25-27)16-8-24-17(9-23-16)26-6-5-14(22)11-26/h1-4,7-10,14H,5-6,11,22H2. The molecule has 4 rings (SSSR count). The van der Waals surface area contributed by atoms with E-state index in [1.807, 2.05) is 0 Å². The second-order valence-corrected chi connectivity index (χ2v) is 6.47. The van der Waals surface area contributed by atoms with Crippen LogP contribution in [0.3, 0.4) is 0 Å². The molecule has 27 heavy (non-hydrogen) atoms. The van der Waals surface area contributed by atoms with Gasteiger partial charge in [0.1, 0.15) is 5.82 Å². The van der Waals surface area contributed by atoms with Crippen LogP contribution in [0.25, 0.3) is 16.9 Å². The van der Waals surface area contributed by atoms with E-state index in [0.29, 0.717) is 11.4 Å². The van der Waals surface area contributed by atoms with Crippen LogP contribution in [0.1, 0.15) is 12.0 Å². The number of halogens is 3. The molecule has 0 saturated carbocycles. The van der Waals surface area contributed by atoms with Gasteiger partial charge in [-0.05, 0) is 30.7 Å². The molecule has 0 radical (unpaired) electrons. The maximum atomic E-state index is 12.7. The summed E-state index contributed by atoms with van der Waals surface area (Å²) in [6.07, 6.45) is 3.25. The summed E-state index contributed by atoms with van der Waals surface area (Å²) < 4.78 is 39.5. The smallest absolute Gasteiger partial charge is 0.354 e. The predicted octanol–water partition coefficient (Wildman–Crippen LogP) is 2.89. The molecule has 6 nitrogen and oxygen atoms in total. The third-order valence-electron chi connectivity index (χ3n) is 4.52. The van der Waals surface area contributed by atoms with Gasteiger partial charge in [0.15, 0.2) is 0 Å². The van der Waals surface area contributed by atoms with Crippen molar-refractivity contribution in [3.8, 4) is 16.9 Å². The quantitative estimate of drug-likeness (QED) is 0.763. The van der Waals surface area contributed by atoms with Gasteiger partial charge < -0.3 is 10.6 Å². The summed E-state index contributed by atoms with van der Waals surface area (Å²) in [6.45, 7) is 1.63. The topological polar surface area (TPSA) is 72.9 Å². The highest BCUT2D eigenvalue weighted by Crippen LogP contribution is 2.29. The number of benzene rings is 1. The van der Waals surface area contributed by atoms with Crippen LogP contribution in [0, 0.1) is 0 Å². The highest BCUT2D eigenvalue weighted by atomic mass is 19.4. The Balaban J connectivity index is 1.52. The maximum absolute atomic E-state index is 12.7. The number of nitrogens with two attached hydrogens (primary N) is 1. The first kappa shape index (κ1) is 17.5. The molecule has 3 heterocycles. The van der Waals surface area contributed by atoms with E-state index in [4.69, 9.17) is 5.73 Å². The van der Waals surface area contributed by atoms with Gasteiger partial charge in [-0.15, -0.1) is 0 Å². The number of nitrogens with zero attached hydrogens (tertiary/aromatic N) is 5. The Morgan fingerprint density at radius 2 is 1.81 bits per heavy atom. The lowest BCUT2D eigenvalue weighted by molar-refractivity contribution is -0.137. The zero-order chi connectivity index (χ0) is 19.0. The van der Waals surface area contributed by atoms with Gasteiger partial charge >= 0.3 is 6.18 Å². The van der Waals surface area contributed by atoms with Crippen LogP contribution in [0.2, 0.25) is 0 Å². The van der Waals surface area contributed by atoms with Gasteiger partial charge in [0.2, 0.25) is 0 Å². The Hall–Kier alpha value is -2.94. The van der Waals surface area contributed by atoms with Crippen LogP contribution < -0.4 is 10.6 Å². The zero-order valence-corrected chi connectivity index (χ0v) is 14.3. The summed E-state index contributed by atoms with van der Waals surface area (Å²) in [5.41, 5.74) is 7.12. The highest BCUT2D eigenvalue weighted by molar-refractivity contribution is 5.58. The fraction of sp³-hybridized carbons (Fsp3) is 0.278. The normalized spacial score (nSPS) is 17.5. The summed E-state index contributed by atoms with van der Waals surface area (Å²) >= 11 is 0. The third-order valence-corrected chi connectivity index (χ3v) is 4.52. The summed E-state index contributed by atoms with van der Waals surface area (Å²) in [7, 11) is 0. The predicted molar refractivity (Wildman–Crippen MR) is 94.4 cm³/mol. The number of hydrogen-bond acceptors (Lipinski definition) is 5. The molecule has 2 aromatic heterocycles. The Labute approximate surface area is 153 Å². The van der Waals surface area contributed by atoms with Crippen molar-refractivity contribution in [1.29, 1.82) is 0 Å². The lowest BCUT2D eigenvalue weighted by atomic mass is 10.2. The number of alkyl halides is 3. The zero-order valence-electron chi connectivity index (χ0n) is 14.3. The van der Waals surface area contributed by atoms with E-state index in [-0.39, 0.29) is 6.04 Å². The third kappa shape index (κ3) is 3.63.